The first-order valence-electron chi connectivity index (χ1n) is 13.9. The Bertz CT molecular complexity index is 2220. The quantitative estimate of drug-likeness (QED) is 0.162. The average molecular weight is 648 g/mol. The summed E-state index contributed by atoms with van der Waals surface area (Å²) in [4.78, 5) is 12.0. The number of benzene rings is 5. The highest BCUT2D eigenvalue weighted by Gasteiger charge is 2.26. The van der Waals surface area contributed by atoms with E-state index >= 15 is 0 Å². The van der Waals surface area contributed by atoms with Gasteiger partial charge in [-0.05, 0) is 79.0 Å². The van der Waals surface area contributed by atoms with E-state index in [0.29, 0.717) is 55.8 Å². The lowest BCUT2D eigenvalue weighted by Gasteiger charge is -2.15. The number of halogens is 4. The molecule has 0 aliphatic rings. The predicted molar refractivity (Wildman–Crippen MR) is 175 cm³/mol. The lowest BCUT2D eigenvalue weighted by molar-refractivity contribution is 0.111. The van der Waals surface area contributed by atoms with Crippen molar-refractivity contribution < 1.29 is 18.0 Å². The van der Waals surface area contributed by atoms with Crippen molar-refractivity contribution in [2.45, 2.75) is 18.2 Å². The van der Waals surface area contributed by atoms with Gasteiger partial charge >= 0.3 is 0 Å². The van der Waals surface area contributed by atoms with Crippen molar-refractivity contribution in [2.75, 3.05) is 0 Å². The molecule has 4 nitrogen and oxygen atoms in total. The molecule has 1 heterocycles. The number of fused-ring (bicyclic) bond motifs is 1. The van der Waals surface area contributed by atoms with E-state index < -0.39 is 12.2 Å². The molecule has 0 aliphatic heterocycles. The Kier molecular flexibility index (Phi) is 8.42. The molecular formula is C37H21ClF3N3OS. The zero-order chi connectivity index (χ0) is 32.5. The minimum absolute atomic E-state index is 0.0997. The minimum Gasteiger partial charge on any atom is -0.298 e. The molecule has 6 aromatic rings. The van der Waals surface area contributed by atoms with Crippen LogP contribution in [0.2, 0.25) is 5.02 Å². The van der Waals surface area contributed by atoms with Crippen LogP contribution >= 0.6 is 23.5 Å². The summed E-state index contributed by atoms with van der Waals surface area (Å²) in [6, 6.07) is 31.0. The highest BCUT2D eigenvalue weighted by molar-refractivity contribution is 7.98. The lowest BCUT2D eigenvalue weighted by atomic mass is 9.90. The van der Waals surface area contributed by atoms with Crippen LogP contribution in [0.25, 0.3) is 44.4 Å². The summed E-state index contributed by atoms with van der Waals surface area (Å²) in [5, 5.41) is 21.3. The standard InChI is InChI=1S/C37H21ClF3N3OS/c1-21-8-13-33-30(14-21)35(34-25(18-42)6-3-7-26(34)19-43)36(44(33)46-28-11-9-22(10-12-28)37(40)41)24-5-2-4-23(15-24)29-17-32(39)27(20-45)16-31(29)38/h2-17,20,37H,1H3. The van der Waals surface area contributed by atoms with Gasteiger partial charge in [0.05, 0.1) is 40.0 Å². The van der Waals surface area contributed by atoms with Crippen molar-refractivity contribution in [3.8, 4) is 45.6 Å². The second kappa shape index (κ2) is 12.6. The molecule has 5 aromatic carbocycles. The van der Waals surface area contributed by atoms with Gasteiger partial charge in [0.15, 0.2) is 6.29 Å². The second-order valence-electron chi connectivity index (χ2n) is 10.5. The normalized spacial score (nSPS) is 11.0. The molecule has 0 N–H and O–H groups in total. The van der Waals surface area contributed by atoms with Crippen LogP contribution in [0.1, 0.15) is 39.0 Å². The highest BCUT2D eigenvalue weighted by atomic mass is 35.5. The summed E-state index contributed by atoms with van der Waals surface area (Å²) in [5.41, 5.74) is 5.38. The number of aromatic nitrogens is 1. The van der Waals surface area contributed by atoms with Crippen molar-refractivity contribution in [3.05, 3.63) is 136 Å². The highest BCUT2D eigenvalue weighted by Crippen LogP contribution is 2.47. The van der Waals surface area contributed by atoms with E-state index in [2.05, 4.69) is 12.1 Å². The third-order valence-electron chi connectivity index (χ3n) is 7.62. The first-order valence-corrected chi connectivity index (χ1v) is 15.1. The average Bonchev–Trinajstić information content (AvgIpc) is 3.37. The molecule has 9 heteroatoms. The number of nitrogens with zero attached hydrogens (tertiary/aromatic N) is 3. The molecule has 0 unspecified atom stereocenters. The van der Waals surface area contributed by atoms with Gasteiger partial charge < -0.3 is 0 Å². The van der Waals surface area contributed by atoms with E-state index in [-0.39, 0.29) is 16.1 Å². The first kappa shape index (κ1) is 30.7. The molecule has 0 fully saturated rings. The number of hydrogen-bond donors (Lipinski definition) is 0. The summed E-state index contributed by atoms with van der Waals surface area (Å²) < 4.78 is 43.4. The van der Waals surface area contributed by atoms with Crippen LogP contribution in [-0.4, -0.2) is 10.3 Å². The van der Waals surface area contributed by atoms with Gasteiger partial charge in [0.1, 0.15) is 5.82 Å². The van der Waals surface area contributed by atoms with Crippen LogP contribution in [0, 0.1) is 35.4 Å². The number of aldehydes is 1. The molecule has 0 radical (unpaired) electrons. The monoisotopic (exact) mass is 647 g/mol. The van der Waals surface area contributed by atoms with Gasteiger partial charge in [-0.1, -0.05) is 59.6 Å². The van der Waals surface area contributed by atoms with E-state index in [1.165, 1.54) is 36.2 Å². The fourth-order valence-corrected chi connectivity index (χ4v) is 6.78. The third kappa shape index (κ3) is 5.54. The Morgan fingerprint density at radius 2 is 1.52 bits per heavy atom. The molecule has 1 aromatic heterocycles. The van der Waals surface area contributed by atoms with Crippen LogP contribution in [0.3, 0.4) is 0 Å². The van der Waals surface area contributed by atoms with E-state index in [1.807, 2.05) is 41.2 Å². The van der Waals surface area contributed by atoms with Crippen LogP contribution < -0.4 is 0 Å². The Balaban J connectivity index is 1.70. The lowest BCUT2D eigenvalue weighted by Crippen LogP contribution is -1.96. The summed E-state index contributed by atoms with van der Waals surface area (Å²) in [6.45, 7) is 1.94. The fraction of sp³-hybridized carbons (Fsp3) is 0.0541. The van der Waals surface area contributed by atoms with Crippen molar-refractivity contribution in [1.29, 1.82) is 10.5 Å². The summed E-state index contributed by atoms with van der Waals surface area (Å²) in [6.07, 6.45) is -2.21. The molecule has 0 atom stereocenters. The van der Waals surface area contributed by atoms with Crippen LogP contribution in [0.4, 0.5) is 13.2 Å². The van der Waals surface area contributed by atoms with Gasteiger partial charge in [0, 0.05) is 43.1 Å². The topological polar surface area (TPSA) is 69.6 Å². The summed E-state index contributed by atoms with van der Waals surface area (Å²) in [7, 11) is 0. The van der Waals surface area contributed by atoms with Gasteiger partial charge in [-0.15, -0.1) is 0 Å². The molecule has 0 saturated carbocycles. The molecule has 6 rings (SSSR count). The Morgan fingerprint density at radius 3 is 2.17 bits per heavy atom. The number of hydrogen-bond acceptors (Lipinski definition) is 4. The van der Waals surface area contributed by atoms with Gasteiger partial charge in [-0.2, -0.15) is 10.5 Å². The molecule has 0 aliphatic carbocycles. The number of nitriles is 2. The molecule has 0 bridgehead atoms. The second-order valence-corrected chi connectivity index (χ2v) is 11.9. The van der Waals surface area contributed by atoms with Gasteiger partial charge in [0.2, 0.25) is 0 Å². The van der Waals surface area contributed by atoms with Crippen LogP contribution in [-0.2, 0) is 0 Å². The maximum atomic E-state index is 14.7. The number of alkyl halides is 2. The first-order chi connectivity index (χ1) is 22.2. The van der Waals surface area contributed by atoms with Crippen LogP contribution in [0.5, 0.6) is 0 Å². The number of rotatable bonds is 7. The Hall–Kier alpha value is -5.28. The molecule has 0 saturated heterocycles. The molecule has 0 amide bonds. The molecular weight excluding hydrogens is 627 g/mol. The van der Waals surface area contributed by atoms with Gasteiger partial charge in [-0.25, -0.2) is 13.2 Å². The largest absolute Gasteiger partial charge is 0.298 e. The van der Waals surface area contributed by atoms with E-state index in [9.17, 15) is 28.5 Å². The molecule has 46 heavy (non-hydrogen) atoms. The van der Waals surface area contributed by atoms with Crippen molar-refractivity contribution in [2.24, 2.45) is 0 Å². The van der Waals surface area contributed by atoms with E-state index in [1.54, 1.807) is 42.5 Å². The zero-order valence-electron chi connectivity index (χ0n) is 24.1. The van der Waals surface area contributed by atoms with E-state index in [4.69, 9.17) is 11.6 Å². The van der Waals surface area contributed by atoms with Gasteiger partial charge in [-0.3, -0.25) is 8.77 Å². The van der Waals surface area contributed by atoms with Crippen molar-refractivity contribution >= 4 is 40.7 Å². The van der Waals surface area contributed by atoms with Gasteiger partial charge in [0.25, 0.3) is 6.43 Å². The maximum Gasteiger partial charge on any atom is 0.263 e. The summed E-state index contributed by atoms with van der Waals surface area (Å²) in [5.74, 6) is -0.713. The number of carbonyl (C=O) groups is 1. The summed E-state index contributed by atoms with van der Waals surface area (Å²) >= 11 is 7.81. The Labute approximate surface area is 272 Å². The maximum absolute atomic E-state index is 14.7. The number of carbonyl (C=O) groups excluding carboxylic acids is 1. The number of aryl methyl sites for hydroxylation is 1. The van der Waals surface area contributed by atoms with Crippen molar-refractivity contribution in [1.82, 2.24) is 3.97 Å². The van der Waals surface area contributed by atoms with E-state index in [0.717, 1.165) is 16.5 Å². The SMILES string of the molecule is Cc1ccc2c(c1)c(-c1c(C#N)cccc1C#N)c(-c1cccc(-c3cc(F)c(C=O)cc3Cl)c1)n2Sc1ccc(C(F)F)cc1. The fourth-order valence-electron chi connectivity index (χ4n) is 5.48. The molecule has 224 valence electrons. The zero-order valence-corrected chi connectivity index (χ0v) is 25.6. The van der Waals surface area contributed by atoms with Crippen LogP contribution in [0.15, 0.2) is 102 Å². The third-order valence-corrected chi connectivity index (χ3v) is 8.98. The smallest absolute Gasteiger partial charge is 0.263 e. The minimum atomic E-state index is -2.61. The predicted octanol–water partition coefficient (Wildman–Crippen LogP) is 10.8. The molecule has 0 spiro atoms. The van der Waals surface area contributed by atoms with Crippen molar-refractivity contribution in [3.63, 3.8) is 0 Å². The Morgan fingerprint density at radius 1 is 0.848 bits per heavy atom.